The lowest BCUT2D eigenvalue weighted by Gasteiger charge is -2.09. The van der Waals surface area contributed by atoms with Crippen molar-refractivity contribution in [3.8, 4) is 0 Å². The third-order valence-corrected chi connectivity index (χ3v) is 3.14. The zero-order valence-corrected chi connectivity index (χ0v) is 12.2. The third kappa shape index (κ3) is 4.78. The average molecular weight is 253 g/mol. The first-order valence-corrected chi connectivity index (χ1v) is 6.95. The first kappa shape index (κ1) is 15.2. The van der Waals surface area contributed by atoms with E-state index in [1.54, 1.807) is 7.11 Å². The van der Waals surface area contributed by atoms with Crippen LogP contribution < -0.4 is 5.32 Å². The molecule has 0 saturated heterocycles. The van der Waals surface area contributed by atoms with E-state index in [-0.39, 0.29) is 0 Å². The summed E-state index contributed by atoms with van der Waals surface area (Å²) in [7, 11) is 1.75. The molecule has 1 aromatic rings. The summed E-state index contributed by atoms with van der Waals surface area (Å²) < 4.78 is 7.31. The molecule has 1 atom stereocenters. The SMILES string of the molecule is CCCNC(C)c1cn(CCCCOC)c(C)n1. The maximum absolute atomic E-state index is 5.06. The molecule has 0 fully saturated rings. The molecule has 1 heterocycles. The van der Waals surface area contributed by atoms with Crippen molar-refractivity contribution in [1.29, 1.82) is 0 Å². The normalized spacial score (nSPS) is 12.9. The summed E-state index contributed by atoms with van der Waals surface area (Å²) in [5.74, 6) is 1.10. The molecule has 0 aliphatic carbocycles. The molecule has 0 saturated carbocycles. The standard InChI is InChI=1S/C14H27N3O/c1-5-8-15-12(2)14-11-17(13(3)16-14)9-6-7-10-18-4/h11-12,15H,5-10H2,1-4H3. The van der Waals surface area contributed by atoms with Crippen LogP contribution in [0.3, 0.4) is 0 Å². The second kappa shape index (κ2) is 8.27. The highest BCUT2D eigenvalue weighted by atomic mass is 16.5. The zero-order chi connectivity index (χ0) is 13.4. The molecule has 1 rings (SSSR count). The molecule has 0 aliphatic rings. The molecule has 0 spiro atoms. The Hall–Kier alpha value is -0.870. The van der Waals surface area contributed by atoms with Crippen LogP contribution in [-0.4, -0.2) is 29.8 Å². The summed E-state index contributed by atoms with van der Waals surface area (Å²) in [6, 6.07) is 0.337. The number of unbranched alkanes of at least 4 members (excludes halogenated alkanes) is 1. The number of hydrogen-bond acceptors (Lipinski definition) is 3. The number of imidazole rings is 1. The minimum Gasteiger partial charge on any atom is -0.385 e. The van der Waals surface area contributed by atoms with Gasteiger partial charge < -0.3 is 14.6 Å². The van der Waals surface area contributed by atoms with Crippen molar-refractivity contribution in [2.75, 3.05) is 20.3 Å². The molecule has 1 N–H and O–H groups in total. The molecule has 0 bridgehead atoms. The van der Waals surface area contributed by atoms with Crippen molar-refractivity contribution in [1.82, 2.24) is 14.9 Å². The van der Waals surface area contributed by atoms with Gasteiger partial charge in [-0.05, 0) is 39.7 Å². The van der Waals surface area contributed by atoms with Crippen LogP contribution in [-0.2, 0) is 11.3 Å². The van der Waals surface area contributed by atoms with Crippen LogP contribution in [0.1, 0.15) is 50.7 Å². The Labute approximate surface area is 111 Å². The number of aromatic nitrogens is 2. The molecule has 104 valence electrons. The van der Waals surface area contributed by atoms with Gasteiger partial charge in [-0.15, -0.1) is 0 Å². The molecule has 0 aliphatic heterocycles. The molecule has 1 aromatic heterocycles. The summed E-state index contributed by atoms with van der Waals surface area (Å²) in [5, 5.41) is 3.47. The lowest BCUT2D eigenvalue weighted by Crippen LogP contribution is -2.19. The van der Waals surface area contributed by atoms with Gasteiger partial charge in [0.1, 0.15) is 5.82 Å². The van der Waals surface area contributed by atoms with Crippen LogP contribution in [0.2, 0.25) is 0 Å². The summed E-state index contributed by atoms with van der Waals surface area (Å²) in [6.45, 7) is 9.34. The summed E-state index contributed by atoms with van der Waals surface area (Å²) in [4.78, 5) is 4.63. The average Bonchev–Trinajstić information content (AvgIpc) is 2.73. The number of hydrogen-bond donors (Lipinski definition) is 1. The van der Waals surface area contributed by atoms with E-state index in [2.05, 4.69) is 41.8 Å². The summed E-state index contributed by atoms with van der Waals surface area (Å²) in [5.41, 5.74) is 1.15. The van der Waals surface area contributed by atoms with Crippen LogP contribution in [0.15, 0.2) is 6.20 Å². The fourth-order valence-corrected chi connectivity index (χ4v) is 1.96. The van der Waals surface area contributed by atoms with Crippen LogP contribution in [0.4, 0.5) is 0 Å². The van der Waals surface area contributed by atoms with E-state index in [1.807, 2.05) is 0 Å². The number of ether oxygens (including phenoxy) is 1. The van der Waals surface area contributed by atoms with E-state index in [1.165, 1.54) is 0 Å². The van der Waals surface area contributed by atoms with E-state index in [4.69, 9.17) is 4.74 Å². The van der Waals surface area contributed by atoms with Crippen LogP contribution in [0, 0.1) is 6.92 Å². The van der Waals surface area contributed by atoms with Gasteiger partial charge in [-0.2, -0.15) is 0 Å². The largest absolute Gasteiger partial charge is 0.385 e. The lowest BCUT2D eigenvalue weighted by atomic mass is 10.2. The molecule has 0 aromatic carbocycles. The predicted octanol–water partition coefficient (Wildman–Crippen LogP) is 2.68. The minimum atomic E-state index is 0.337. The lowest BCUT2D eigenvalue weighted by molar-refractivity contribution is 0.191. The van der Waals surface area contributed by atoms with Gasteiger partial charge in [0.2, 0.25) is 0 Å². The maximum Gasteiger partial charge on any atom is 0.105 e. The number of nitrogens with one attached hydrogen (secondary N) is 1. The van der Waals surface area contributed by atoms with Crippen LogP contribution in [0.5, 0.6) is 0 Å². The molecule has 0 radical (unpaired) electrons. The van der Waals surface area contributed by atoms with Crippen molar-refractivity contribution >= 4 is 0 Å². The predicted molar refractivity (Wildman–Crippen MR) is 74.8 cm³/mol. The molecule has 4 nitrogen and oxygen atoms in total. The molecule has 4 heteroatoms. The summed E-state index contributed by atoms with van der Waals surface area (Å²) in [6.07, 6.45) is 5.57. The quantitative estimate of drug-likeness (QED) is 0.688. The second-order valence-electron chi connectivity index (χ2n) is 4.78. The van der Waals surface area contributed by atoms with Gasteiger partial charge in [-0.3, -0.25) is 0 Å². The molecular formula is C14H27N3O. The van der Waals surface area contributed by atoms with E-state index < -0.39 is 0 Å². The molecular weight excluding hydrogens is 226 g/mol. The molecule has 18 heavy (non-hydrogen) atoms. The van der Waals surface area contributed by atoms with Gasteiger partial charge in [-0.25, -0.2) is 4.98 Å². The smallest absolute Gasteiger partial charge is 0.105 e. The van der Waals surface area contributed by atoms with Gasteiger partial charge in [-0.1, -0.05) is 6.92 Å². The Morgan fingerprint density at radius 3 is 2.89 bits per heavy atom. The highest BCUT2D eigenvalue weighted by Gasteiger charge is 2.10. The van der Waals surface area contributed by atoms with Gasteiger partial charge in [0.15, 0.2) is 0 Å². The van der Waals surface area contributed by atoms with Gasteiger partial charge in [0.05, 0.1) is 5.69 Å². The Morgan fingerprint density at radius 1 is 1.44 bits per heavy atom. The number of nitrogens with zero attached hydrogens (tertiary/aromatic N) is 2. The van der Waals surface area contributed by atoms with Crippen molar-refractivity contribution in [2.45, 2.75) is 52.6 Å². The fourth-order valence-electron chi connectivity index (χ4n) is 1.96. The van der Waals surface area contributed by atoms with E-state index in [9.17, 15) is 0 Å². The first-order valence-electron chi connectivity index (χ1n) is 6.95. The Balaban J connectivity index is 2.47. The van der Waals surface area contributed by atoms with Crippen molar-refractivity contribution in [3.63, 3.8) is 0 Å². The first-order chi connectivity index (χ1) is 8.69. The van der Waals surface area contributed by atoms with E-state index in [0.717, 1.165) is 50.5 Å². The highest BCUT2D eigenvalue weighted by Crippen LogP contribution is 2.12. The Kier molecular flexibility index (Phi) is 6.98. The molecule has 1 unspecified atom stereocenters. The van der Waals surface area contributed by atoms with Crippen LogP contribution in [0.25, 0.3) is 0 Å². The highest BCUT2D eigenvalue weighted by molar-refractivity contribution is 5.07. The van der Waals surface area contributed by atoms with Crippen LogP contribution >= 0.6 is 0 Å². The zero-order valence-electron chi connectivity index (χ0n) is 12.2. The Morgan fingerprint density at radius 2 is 2.22 bits per heavy atom. The topological polar surface area (TPSA) is 39.1 Å². The minimum absolute atomic E-state index is 0.337. The maximum atomic E-state index is 5.06. The fraction of sp³-hybridized carbons (Fsp3) is 0.786. The second-order valence-corrected chi connectivity index (χ2v) is 4.78. The molecule has 0 amide bonds. The van der Waals surface area contributed by atoms with Gasteiger partial charge in [0, 0.05) is 32.5 Å². The summed E-state index contributed by atoms with van der Waals surface area (Å²) >= 11 is 0. The van der Waals surface area contributed by atoms with Crippen molar-refractivity contribution in [2.24, 2.45) is 0 Å². The van der Waals surface area contributed by atoms with Gasteiger partial charge >= 0.3 is 0 Å². The number of methoxy groups -OCH3 is 1. The Bertz CT molecular complexity index is 336. The van der Waals surface area contributed by atoms with E-state index >= 15 is 0 Å². The third-order valence-electron chi connectivity index (χ3n) is 3.14. The number of aryl methyl sites for hydroxylation is 2. The van der Waals surface area contributed by atoms with Gasteiger partial charge in [0.25, 0.3) is 0 Å². The van der Waals surface area contributed by atoms with Crippen molar-refractivity contribution < 1.29 is 4.74 Å². The van der Waals surface area contributed by atoms with Crippen molar-refractivity contribution in [3.05, 3.63) is 17.7 Å². The monoisotopic (exact) mass is 253 g/mol. The number of rotatable bonds is 9. The van der Waals surface area contributed by atoms with E-state index in [0.29, 0.717) is 6.04 Å².